The average molecular weight is 213 g/mol. The number of nitrogens with zero attached hydrogens (tertiary/aromatic N) is 1. The zero-order valence-electron chi connectivity index (χ0n) is 9.53. The Morgan fingerprint density at radius 3 is 2.33 bits per heavy atom. The molecule has 1 saturated carbocycles. The van der Waals surface area contributed by atoms with Gasteiger partial charge in [0, 0.05) is 19.1 Å². The van der Waals surface area contributed by atoms with Gasteiger partial charge in [-0.1, -0.05) is 12.8 Å². The number of rotatable bonds is 4. The molecular weight excluding hydrogens is 190 g/mol. The quantitative estimate of drug-likeness (QED) is 0.766. The van der Waals surface area contributed by atoms with E-state index in [1.165, 1.54) is 38.8 Å². The summed E-state index contributed by atoms with van der Waals surface area (Å²) in [7, 11) is 0. The molecule has 2 aliphatic rings. The van der Waals surface area contributed by atoms with Gasteiger partial charge in [-0.05, 0) is 25.7 Å². The first kappa shape index (κ1) is 11.4. The van der Waals surface area contributed by atoms with Gasteiger partial charge in [-0.15, -0.1) is 0 Å². The van der Waals surface area contributed by atoms with Crippen LogP contribution in [0.1, 0.15) is 38.5 Å². The van der Waals surface area contributed by atoms with Crippen molar-refractivity contribution in [2.75, 3.05) is 26.3 Å². The number of ether oxygens (including phenoxy) is 1. The van der Waals surface area contributed by atoms with Gasteiger partial charge in [-0.2, -0.15) is 0 Å². The molecule has 2 fully saturated rings. The van der Waals surface area contributed by atoms with E-state index in [1.807, 2.05) is 0 Å². The van der Waals surface area contributed by atoms with Crippen LogP contribution in [0.15, 0.2) is 0 Å². The molecular formula is C12H23NO2. The summed E-state index contributed by atoms with van der Waals surface area (Å²) in [6.07, 6.45) is 8.35. The van der Waals surface area contributed by atoms with Crippen LogP contribution in [0.2, 0.25) is 0 Å². The Hall–Kier alpha value is -0.120. The van der Waals surface area contributed by atoms with E-state index in [4.69, 9.17) is 9.84 Å². The maximum atomic E-state index is 8.69. The van der Waals surface area contributed by atoms with E-state index in [2.05, 4.69) is 4.90 Å². The molecule has 0 unspecified atom stereocenters. The molecule has 2 rings (SSSR count). The molecule has 0 aromatic carbocycles. The Labute approximate surface area is 92.4 Å². The van der Waals surface area contributed by atoms with Crippen LogP contribution in [-0.2, 0) is 4.74 Å². The van der Waals surface area contributed by atoms with Gasteiger partial charge in [0.05, 0.1) is 19.3 Å². The van der Waals surface area contributed by atoms with Gasteiger partial charge >= 0.3 is 0 Å². The molecule has 3 nitrogen and oxygen atoms in total. The zero-order valence-corrected chi connectivity index (χ0v) is 9.53. The Balaban J connectivity index is 1.67. The van der Waals surface area contributed by atoms with E-state index in [-0.39, 0.29) is 6.61 Å². The second-order valence-corrected chi connectivity index (χ2v) is 4.77. The molecule has 0 radical (unpaired) electrons. The number of aliphatic hydroxyl groups excluding tert-OH is 1. The third kappa shape index (κ3) is 3.16. The molecule has 0 aromatic rings. The van der Waals surface area contributed by atoms with Crippen molar-refractivity contribution < 1.29 is 9.84 Å². The smallest absolute Gasteiger partial charge is 0.0701 e. The minimum Gasteiger partial charge on any atom is -0.394 e. The van der Waals surface area contributed by atoms with Crippen LogP contribution in [0.3, 0.4) is 0 Å². The van der Waals surface area contributed by atoms with Gasteiger partial charge in [-0.25, -0.2) is 0 Å². The molecule has 0 amide bonds. The van der Waals surface area contributed by atoms with E-state index in [9.17, 15) is 0 Å². The summed E-state index contributed by atoms with van der Waals surface area (Å²) in [4.78, 5) is 2.64. The third-order valence-electron chi connectivity index (χ3n) is 3.76. The van der Waals surface area contributed by atoms with Crippen molar-refractivity contribution in [2.45, 2.75) is 50.7 Å². The van der Waals surface area contributed by atoms with Crippen LogP contribution in [0.5, 0.6) is 0 Å². The first-order valence-corrected chi connectivity index (χ1v) is 6.36. The summed E-state index contributed by atoms with van der Waals surface area (Å²) in [5, 5.41) is 8.69. The number of hydrogen-bond donors (Lipinski definition) is 1. The summed E-state index contributed by atoms with van der Waals surface area (Å²) >= 11 is 0. The highest BCUT2D eigenvalue weighted by atomic mass is 16.5. The fourth-order valence-electron chi connectivity index (χ4n) is 2.90. The zero-order chi connectivity index (χ0) is 10.5. The van der Waals surface area contributed by atoms with Gasteiger partial charge in [0.15, 0.2) is 0 Å². The normalized spacial score (nSPS) is 26.2. The highest BCUT2D eigenvalue weighted by Gasteiger charge is 2.27. The van der Waals surface area contributed by atoms with E-state index in [0.29, 0.717) is 12.7 Å². The van der Waals surface area contributed by atoms with Gasteiger partial charge in [0.2, 0.25) is 0 Å². The number of piperidine rings is 1. The Bertz CT molecular complexity index is 172. The second-order valence-electron chi connectivity index (χ2n) is 4.77. The van der Waals surface area contributed by atoms with Gasteiger partial charge in [-0.3, -0.25) is 0 Å². The summed E-state index contributed by atoms with van der Waals surface area (Å²) in [5.41, 5.74) is 0. The minimum atomic E-state index is 0.156. The molecule has 0 atom stereocenters. The van der Waals surface area contributed by atoms with Crippen molar-refractivity contribution in [3.05, 3.63) is 0 Å². The van der Waals surface area contributed by atoms with Gasteiger partial charge in [0.1, 0.15) is 0 Å². The number of hydrogen-bond acceptors (Lipinski definition) is 3. The molecule has 3 heteroatoms. The first-order valence-electron chi connectivity index (χ1n) is 6.36. The van der Waals surface area contributed by atoms with E-state index >= 15 is 0 Å². The van der Waals surface area contributed by atoms with Crippen LogP contribution in [0.4, 0.5) is 0 Å². The molecule has 1 N–H and O–H groups in total. The highest BCUT2D eigenvalue weighted by Crippen LogP contribution is 2.26. The van der Waals surface area contributed by atoms with Crippen LogP contribution in [0, 0.1) is 0 Å². The lowest BCUT2D eigenvalue weighted by Gasteiger charge is -2.35. The lowest BCUT2D eigenvalue weighted by molar-refractivity contribution is -0.0147. The summed E-state index contributed by atoms with van der Waals surface area (Å²) in [6, 6.07) is 0.865. The molecule has 1 saturated heterocycles. The maximum absolute atomic E-state index is 8.69. The highest BCUT2D eigenvalue weighted by molar-refractivity contribution is 4.82. The molecule has 0 spiro atoms. The van der Waals surface area contributed by atoms with Crippen LogP contribution < -0.4 is 0 Å². The molecule has 1 heterocycles. The molecule has 0 bridgehead atoms. The van der Waals surface area contributed by atoms with Gasteiger partial charge in [0.25, 0.3) is 0 Å². The second kappa shape index (κ2) is 5.83. The summed E-state index contributed by atoms with van der Waals surface area (Å²) < 4.78 is 5.57. The molecule has 15 heavy (non-hydrogen) atoms. The van der Waals surface area contributed by atoms with Crippen LogP contribution in [0.25, 0.3) is 0 Å². The first-order chi connectivity index (χ1) is 7.40. The average Bonchev–Trinajstić information content (AvgIpc) is 2.80. The molecule has 88 valence electrons. The lowest BCUT2D eigenvalue weighted by atomic mass is 10.0. The van der Waals surface area contributed by atoms with E-state index < -0.39 is 0 Å². The van der Waals surface area contributed by atoms with E-state index in [0.717, 1.165) is 18.9 Å². The fourth-order valence-corrected chi connectivity index (χ4v) is 2.90. The van der Waals surface area contributed by atoms with Crippen molar-refractivity contribution in [1.29, 1.82) is 0 Å². The van der Waals surface area contributed by atoms with Crippen molar-refractivity contribution in [2.24, 2.45) is 0 Å². The Kier molecular flexibility index (Phi) is 4.42. The monoisotopic (exact) mass is 213 g/mol. The largest absolute Gasteiger partial charge is 0.394 e. The Morgan fingerprint density at radius 2 is 1.73 bits per heavy atom. The van der Waals surface area contributed by atoms with Gasteiger partial charge < -0.3 is 14.7 Å². The SMILES string of the molecule is OCCOC1CCN(C2CCCC2)CC1. The topological polar surface area (TPSA) is 32.7 Å². The minimum absolute atomic E-state index is 0.156. The fraction of sp³-hybridized carbons (Fsp3) is 1.00. The van der Waals surface area contributed by atoms with Crippen molar-refractivity contribution in [3.8, 4) is 0 Å². The van der Waals surface area contributed by atoms with E-state index in [1.54, 1.807) is 0 Å². The van der Waals surface area contributed by atoms with Crippen molar-refractivity contribution >= 4 is 0 Å². The van der Waals surface area contributed by atoms with Crippen molar-refractivity contribution in [3.63, 3.8) is 0 Å². The summed E-state index contributed by atoms with van der Waals surface area (Å²) in [6.45, 7) is 3.05. The predicted molar refractivity (Wildman–Crippen MR) is 59.9 cm³/mol. The lowest BCUT2D eigenvalue weighted by Crippen LogP contribution is -2.42. The Morgan fingerprint density at radius 1 is 1.07 bits per heavy atom. The maximum Gasteiger partial charge on any atom is 0.0701 e. The third-order valence-corrected chi connectivity index (χ3v) is 3.76. The molecule has 1 aliphatic heterocycles. The molecule has 1 aliphatic carbocycles. The number of likely N-dealkylation sites (tertiary alicyclic amines) is 1. The number of aliphatic hydroxyl groups is 1. The summed E-state index contributed by atoms with van der Waals surface area (Å²) in [5.74, 6) is 0. The predicted octanol–water partition coefficient (Wildman–Crippen LogP) is 1.40. The molecule has 0 aromatic heterocycles. The van der Waals surface area contributed by atoms with Crippen molar-refractivity contribution in [1.82, 2.24) is 4.90 Å². The standard InChI is InChI=1S/C12H23NO2/c14-9-10-15-12-5-7-13(8-6-12)11-3-1-2-4-11/h11-12,14H,1-10H2. The van der Waals surface area contributed by atoms with Crippen LogP contribution >= 0.6 is 0 Å². The van der Waals surface area contributed by atoms with Crippen LogP contribution in [-0.4, -0.2) is 48.5 Å².